The number of rotatable bonds is 9. The molecule has 0 spiro atoms. The molecule has 1 aliphatic rings. The molecule has 0 amide bonds. The van der Waals surface area contributed by atoms with Gasteiger partial charge in [-0.25, -0.2) is 14.4 Å². The fourth-order valence-electron chi connectivity index (χ4n) is 3.53. The highest BCUT2D eigenvalue weighted by Crippen LogP contribution is 2.38. The van der Waals surface area contributed by atoms with Crippen molar-refractivity contribution in [2.45, 2.75) is 25.0 Å². The van der Waals surface area contributed by atoms with E-state index in [0.717, 1.165) is 19.4 Å². The topological polar surface area (TPSA) is 71.5 Å². The van der Waals surface area contributed by atoms with Crippen molar-refractivity contribution in [2.24, 2.45) is 0 Å². The summed E-state index contributed by atoms with van der Waals surface area (Å²) in [5.74, 6) is 0.989. The lowest BCUT2D eigenvalue weighted by Gasteiger charge is -2.35. The van der Waals surface area contributed by atoms with Crippen molar-refractivity contribution in [3.63, 3.8) is 0 Å². The monoisotopic (exact) mass is 493 g/mol. The van der Waals surface area contributed by atoms with Gasteiger partial charge in [0.05, 0.1) is 21.2 Å². The van der Waals surface area contributed by atoms with E-state index in [1.54, 1.807) is 0 Å². The van der Waals surface area contributed by atoms with Gasteiger partial charge in [0.1, 0.15) is 24.9 Å². The molecule has 0 aliphatic heterocycles. The van der Waals surface area contributed by atoms with Crippen LogP contribution in [0.15, 0.2) is 30.6 Å². The molecule has 176 valence electrons. The zero-order chi connectivity index (χ0) is 23.5. The molecule has 4 rings (SSSR count). The number of hydrogen-bond acceptors (Lipinski definition) is 7. The third-order valence-electron chi connectivity index (χ3n) is 5.58. The van der Waals surface area contributed by atoms with Crippen LogP contribution in [-0.2, 0) is 0 Å². The van der Waals surface area contributed by atoms with Crippen LogP contribution in [0.5, 0.6) is 11.5 Å². The molecule has 1 heterocycles. The minimum absolute atomic E-state index is 0.0876. The predicted octanol–water partition coefficient (Wildman–Crippen LogP) is 4.89. The van der Waals surface area contributed by atoms with Crippen molar-refractivity contribution in [2.75, 3.05) is 39.6 Å². The van der Waals surface area contributed by atoms with E-state index in [1.165, 1.54) is 18.5 Å². The average molecular weight is 494 g/mol. The molecule has 2 aromatic carbocycles. The van der Waals surface area contributed by atoms with Crippen molar-refractivity contribution < 1.29 is 13.9 Å². The first-order valence-electron chi connectivity index (χ1n) is 10.7. The molecule has 3 aromatic rings. The highest BCUT2D eigenvalue weighted by atomic mass is 35.5. The maximum Gasteiger partial charge on any atom is 0.166 e. The summed E-state index contributed by atoms with van der Waals surface area (Å²) in [6, 6.07) is 7.16. The molecular weight excluding hydrogens is 468 g/mol. The molecule has 0 bridgehead atoms. The normalized spacial score (nSPS) is 17.8. The molecule has 1 aromatic heterocycles. The van der Waals surface area contributed by atoms with E-state index in [4.69, 9.17) is 32.7 Å². The van der Waals surface area contributed by atoms with Crippen molar-refractivity contribution in [1.82, 2.24) is 20.2 Å². The Labute approximate surface area is 202 Å². The van der Waals surface area contributed by atoms with E-state index in [1.807, 2.05) is 38.2 Å². The predicted molar refractivity (Wildman–Crippen MR) is 130 cm³/mol. The Morgan fingerprint density at radius 3 is 2.67 bits per heavy atom. The van der Waals surface area contributed by atoms with Gasteiger partial charge in [0, 0.05) is 24.0 Å². The fourth-order valence-corrected chi connectivity index (χ4v) is 3.84. The summed E-state index contributed by atoms with van der Waals surface area (Å²) in [5.41, 5.74) is 0.802. The summed E-state index contributed by atoms with van der Waals surface area (Å²) in [5, 5.41) is 6.92. The number of aromatic nitrogens is 2. The van der Waals surface area contributed by atoms with Crippen LogP contribution in [0.2, 0.25) is 10.0 Å². The summed E-state index contributed by atoms with van der Waals surface area (Å²) in [6.07, 6.45) is 3.32. The van der Waals surface area contributed by atoms with Gasteiger partial charge in [-0.05, 0) is 52.2 Å². The molecule has 0 saturated heterocycles. The first-order valence-corrected chi connectivity index (χ1v) is 11.4. The number of anilines is 2. The van der Waals surface area contributed by atoms with E-state index < -0.39 is 5.82 Å². The van der Waals surface area contributed by atoms with Crippen molar-refractivity contribution in [1.29, 1.82) is 0 Å². The fraction of sp³-hybridized carbons (Fsp3) is 0.391. The van der Waals surface area contributed by atoms with Crippen LogP contribution in [-0.4, -0.2) is 61.3 Å². The smallest absolute Gasteiger partial charge is 0.166 e. The van der Waals surface area contributed by atoms with Crippen LogP contribution in [0.3, 0.4) is 0 Å². The summed E-state index contributed by atoms with van der Waals surface area (Å²) < 4.78 is 26.9. The van der Waals surface area contributed by atoms with Crippen molar-refractivity contribution >= 4 is 45.6 Å². The Kier molecular flexibility index (Phi) is 7.38. The second-order valence-corrected chi connectivity index (χ2v) is 9.02. The molecule has 2 N–H and O–H groups in total. The standard InChI is InChI=1S/C23H26Cl2FN5O2/c1-27-13-8-14(9-13)33-20-10-15-18(11-19(20)32-7-6-31(2)3)28-12-29-23(15)30-17-5-4-16(24)21(25)22(17)26/h4-5,10-14,27H,6-9H2,1-3H3,(H,28,29,30). The first kappa shape index (κ1) is 23.8. The van der Waals surface area contributed by atoms with Gasteiger partial charge in [-0.3, -0.25) is 0 Å². The number of halogens is 3. The van der Waals surface area contributed by atoms with Crippen LogP contribution in [0.4, 0.5) is 15.9 Å². The Morgan fingerprint density at radius 1 is 1.15 bits per heavy atom. The molecule has 10 heteroatoms. The number of likely N-dealkylation sites (N-methyl/N-ethyl adjacent to an activating group) is 1. The maximum absolute atomic E-state index is 14.6. The number of fused-ring (bicyclic) bond motifs is 1. The third kappa shape index (κ3) is 5.41. The van der Waals surface area contributed by atoms with Crippen molar-refractivity contribution in [3.8, 4) is 11.5 Å². The zero-order valence-electron chi connectivity index (χ0n) is 18.7. The molecule has 7 nitrogen and oxygen atoms in total. The van der Waals surface area contributed by atoms with Gasteiger partial charge in [-0.15, -0.1) is 0 Å². The van der Waals surface area contributed by atoms with Gasteiger partial charge in [0.2, 0.25) is 0 Å². The molecule has 33 heavy (non-hydrogen) atoms. The highest BCUT2D eigenvalue weighted by molar-refractivity contribution is 6.42. The Balaban J connectivity index is 1.67. The lowest BCUT2D eigenvalue weighted by Crippen LogP contribution is -2.45. The lowest BCUT2D eigenvalue weighted by molar-refractivity contribution is 0.0842. The van der Waals surface area contributed by atoms with Gasteiger partial charge < -0.3 is 25.0 Å². The van der Waals surface area contributed by atoms with Gasteiger partial charge in [-0.2, -0.15) is 0 Å². The zero-order valence-corrected chi connectivity index (χ0v) is 20.2. The molecule has 0 atom stereocenters. The molecule has 0 unspecified atom stereocenters. The quantitative estimate of drug-likeness (QED) is 0.411. The minimum Gasteiger partial charge on any atom is -0.488 e. The van der Waals surface area contributed by atoms with Gasteiger partial charge >= 0.3 is 0 Å². The lowest BCUT2D eigenvalue weighted by atomic mass is 9.89. The number of nitrogens with one attached hydrogen (secondary N) is 2. The Hall–Kier alpha value is -2.39. The average Bonchev–Trinajstić information content (AvgIpc) is 2.76. The minimum atomic E-state index is -0.649. The summed E-state index contributed by atoms with van der Waals surface area (Å²) in [6.45, 7) is 1.26. The van der Waals surface area contributed by atoms with Crippen molar-refractivity contribution in [3.05, 3.63) is 46.5 Å². The summed E-state index contributed by atoms with van der Waals surface area (Å²) >= 11 is 11.9. The van der Waals surface area contributed by atoms with Crippen LogP contribution < -0.4 is 20.1 Å². The van der Waals surface area contributed by atoms with Gasteiger partial charge in [0.25, 0.3) is 0 Å². The third-order valence-corrected chi connectivity index (χ3v) is 6.36. The number of benzene rings is 2. The molecule has 0 radical (unpaired) electrons. The highest BCUT2D eigenvalue weighted by Gasteiger charge is 2.30. The van der Waals surface area contributed by atoms with E-state index in [0.29, 0.717) is 40.9 Å². The van der Waals surface area contributed by atoms with Crippen LogP contribution in [0, 0.1) is 5.82 Å². The first-order chi connectivity index (χ1) is 15.9. The van der Waals surface area contributed by atoms with Crippen LogP contribution >= 0.6 is 23.2 Å². The summed E-state index contributed by atoms with van der Waals surface area (Å²) in [7, 11) is 5.92. The molecule has 1 fully saturated rings. The molecule has 1 aliphatic carbocycles. The van der Waals surface area contributed by atoms with Gasteiger partial charge in [0.15, 0.2) is 17.3 Å². The van der Waals surface area contributed by atoms with Gasteiger partial charge in [-0.1, -0.05) is 23.2 Å². The second-order valence-electron chi connectivity index (χ2n) is 8.23. The number of hydrogen-bond donors (Lipinski definition) is 2. The second kappa shape index (κ2) is 10.3. The summed E-state index contributed by atoms with van der Waals surface area (Å²) in [4.78, 5) is 10.7. The SMILES string of the molecule is CNC1CC(Oc2cc3c(Nc4ccc(Cl)c(Cl)c4F)ncnc3cc2OCCN(C)C)C1. The van der Waals surface area contributed by atoms with E-state index in [2.05, 4.69) is 20.6 Å². The molecule has 1 saturated carbocycles. The molecular formula is C23H26Cl2FN5O2. The largest absolute Gasteiger partial charge is 0.488 e. The number of ether oxygens (including phenoxy) is 2. The number of nitrogens with zero attached hydrogens (tertiary/aromatic N) is 3. The van der Waals surface area contributed by atoms with E-state index in [9.17, 15) is 4.39 Å². The Bertz CT molecular complexity index is 1140. The Morgan fingerprint density at radius 2 is 1.94 bits per heavy atom. The van der Waals surface area contributed by atoms with E-state index >= 15 is 0 Å². The maximum atomic E-state index is 14.6. The van der Waals surface area contributed by atoms with Crippen LogP contribution in [0.25, 0.3) is 10.9 Å². The van der Waals surface area contributed by atoms with E-state index in [-0.39, 0.29) is 21.8 Å². The van der Waals surface area contributed by atoms with Crippen LogP contribution in [0.1, 0.15) is 12.8 Å².